The lowest BCUT2D eigenvalue weighted by molar-refractivity contribution is -0.115. The van der Waals surface area contributed by atoms with Crippen molar-refractivity contribution in [2.45, 2.75) is 34.3 Å². The molecule has 0 aliphatic carbocycles. The Balaban J connectivity index is 1.76. The van der Waals surface area contributed by atoms with Gasteiger partial charge >= 0.3 is 5.97 Å². The molecule has 1 aromatic carbocycles. The number of aromatic nitrogens is 1. The van der Waals surface area contributed by atoms with Crippen LogP contribution in [0.5, 0.6) is 0 Å². The zero-order valence-corrected chi connectivity index (χ0v) is 17.2. The average Bonchev–Trinajstić information content (AvgIpc) is 3.24. The summed E-state index contributed by atoms with van der Waals surface area (Å²) in [4.78, 5) is 32.0. The third-order valence-electron chi connectivity index (χ3n) is 3.93. The van der Waals surface area contributed by atoms with E-state index in [2.05, 4.69) is 4.98 Å². The van der Waals surface area contributed by atoms with Crippen LogP contribution in [0.1, 0.15) is 38.3 Å². The minimum atomic E-state index is -0.361. The molecule has 0 radical (unpaired) electrons. The van der Waals surface area contributed by atoms with Gasteiger partial charge in [0.2, 0.25) is 5.91 Å². The number of hydrogen-bond donors (Lipinski definition) is 0. The van der Waals surface area contributed by atoms with E-state index in [-0.39, 0.29) is 18.5 Å². The van der Waals surface area contributed by atoms with Gasteiger partial charge in [-0.15, -0.1) is 22.7 Å². The predicted octanol–water partition coefficient (Wildman–Crippen LogP) is 5.17. The summed E-state index contributed by atoms with van der Waals surface area (Å²) >= 11 is 2.75. The number of ether oxygens (including phenoxy) is 1. The van der Waals surface area contributed by atoms with Crippen LogP contribution < -0.4 is 4.90 Å². The fraction of sp³-hybridized carbons (Fsp3) is 0.250. The summed E-state index contributed by atoms with van der Waals surface area (Å²) in [7, 11) is 0. The van der Waals surface area contributed by atoms with Gasteiger partial charge in [0.15, 0.2) is 5.13 Å². The fourth-order valence-corrected chi connectivity index (χ4v) is 4.31. The van der Waals surface area contributed by atoms with Crippen molar-refractivity contribution in [3.63, 3.8) is 0 Å². The van der Waals surface area contributed by atoms with Gasteiger partial charge in [0.25, 0.3) is 0 Å². The van der Waals surface area contributed by atoms with Gasteiger partial charge in [-0.2, -0.15) is 0 Å². The predicted molar refractivity (Wildman–Crippen MR) is 109 cm³/mol. The highest BCUT2D eigenvalue weighted by Gasteiger charge is 2.20. The number of carbonyl (C=O) groups excluding carboxylic acids is 2. The van der Waals surface area contributed by atoms with Crippen LogP contribution in [-0.2, 0) is 16.1 Å². The normalized spacial score (nSPS) is 10.7. The van der Waals surface area contributed by atoms with E-state index in [0.717, 1.165) is 21.7 Å². The summed E-state index contributed by atoms with van der Waals surface area (Å²) in [6.07, 6.45) is 0. The Kier molecular flexibility index (Phi) is 5.72. The monoisotopic (exact) mass is 400 g/mol. The summed E-state index contributed by atoms with van der Waals surface area (Å²) in [5.41, 5.74) is 3.56. The maximum absolute atomic E-state index is 12.3. The molecule has 2 heterocycles. The lowest BCUT2D eigenvalue weighted by Gasteiger charge is -2.20. The Morgan fingerprint density at radius 1 is 1.15 bits per heavy atom. The first-order chi connectivity index (χ1) is 12.8. The molecule has 0 aliphatic heterocycles. The van der Waals surface area contributed by atoms with Gasteiger partial charge in [0, 0.05) is 17.2 Å². The van der Waals surface area contributed by atoms with Gasteiger partial charge in [-0.3, -0.25) is 9.69 Å². The molecule has 1 amide bonds. The van der Waals surface area contributed by atoms with Crippen molar-refractivity contribution in [3.05, 3.63) is 62.3 Å². The van der Waals surface area contributed by atoms with Crippen LogP contribution in [0.2, 0.25) is 0 Å². The number of thiophene rings is 1. The highest BCUT2D eigenvalue weighted by molar-refractivity contribution is 7.14. The van der Waals surface area contributed by atoms with Crippen molar-refractivity contribution < 1.29 is 14.3 Å². The largest absolute Gasteiger partial charge is 0.455 e. The summed E-state index contributed by atoms with van der Waals surface area (Å²) in [5.74, 6) is -0.477. The standard InChI is InChI=1S/C20H20N2O3S2/c1-12-5-7-17(13(2)9-12)22(15(4)23)20-21-16(11-26-20)10-25-19(24)18-8-6-14(3)27-18/h5-9,11H,10H2,1-4H3. The van der Waals surface area contributed by atoms with Crippen molar-refractivity contribution in [1.29, 1.82) is 0 Å². The van der Waals surface area contributed by atoms with Crippen LogP contribution in [0.15, 0.2) is 35.7 Å². The number of anilines is 2. The second kappa shape index (κ2) is 8.02. The summed E-state index contributed by atoms with van der Waals surface area (Å²) in [6.45, 7) is 7.51. The Hall–Kier alpha value is -2.51. The van der Waals surface area contributed by atoms with Gasteiger partial charge in [-0.25, -0.2) is 9.78 Å². The highest BCUT2D eigenvalue weighted by Crippen LogP contribution is 2.32. The Bertz CT molecular complexity index is 991. The molecule has 2 aromatic heterocycles. The van der Waals surface area contributed by atoms with Crippen molar-refractivity contribution in [2.75, 3.05) is 4.90 Å². The number of esters is 1. The van der Waals surface area contributed by atoms with E-state index in [9.17, 15) is 9.59 Å². The van der Waals surface area contributed by atoms with Crippen LogP contribution in [-0.4, -0.2) is 16.9 Å². The zero-order chi connectivity index (χ0) is 19.6. The van der Waals surface area contributed by atoms with E-state index in [1.807, 2.05) is 50.4 Å². The van der Waals surface area contributed by atoms with Gasteiger partial charge in [0.1, 0.15) is 11.5 Å². The van der Waals surface area contributed by atoms with Crippen LogP contribution in [0.25, 0.3) is 0 Å². The molecule has 140 valence electrons. The van der Waals surface area contributed by atoms with Crippen LogP contribution in [0.4, 0.5) is 10.8 Å². The Morgan fingerprint density at radius 2 is 1.93 bits per heavy atom. The molecule has 27 heavy (non-hydrogen) atoms. The Morgan fingerprint density at radius 3 is 2.56 bits per heavy atom. The number of nitrogens with zero attached hydrogens (tertiary/aromatic N) is 2. The van der Waals surface area contributed by atoms with Crippen LogP contribution >= 0.6 is 22.7 Å². The second-order valence-electron chi connectivity index (χ2n) is 6.25. The minimum Gasteiger partial charge on any atom is -0.455 e. The van der Waals surface area contributed by atoms with Crippen LogP contribution in [0.3, 0.4) is 0 Å². The summed E-state index contributed by atoms with van der Waals surface area (Å²) in [6, 6.07) is 9.57. The molecule has 0 N–H and O–H groups in total. The first-order valence-corrected chi connectivity index (χ1v) is 10.1. The number of carbonyl (C=O) groups is 2. The SMILES string of the molecule is CC(=O)N(c1nc(COC(=O)c2ccc(C)s2)cs1)c1ccc(C)cc1C. The number of aryl methyl sites for hydroxylation is 3. The fourth-order valence-electron chi connectivity index (χ4n) is 2.68. The number of rotatable bonds is 5. The lowest BCUT2D eigenvalue weighted by atomic mass is 10.1. The smallest absolute Gasteiger partial charge is 0.348 e. The first kappa shape index (κ1) is 19.3. The lowest BCUT2D eigenvalue weighted by Crippen LogP contribution is -2.23. The maximum Gasteiger partial charge on any atom is 0.348 e. The van der Waals surface area contributed by atoms with E-state index in [1.54, 1.807) is 11.0 Å². The molecule has 3 aromatic rings. The molecule has 5 nitrogen and oxygen atoms in total. The number of benzene rings is 1. The third kappa shape index (κ3) is 4.43. The Labute approximate surface area is 166 Å². The zero-order valence-electron chi connectivity index (χ0n) is 15.6. The van der Waals surface area contributed by atoms with Gasteiger partial charge in [-0.05, 0) is 44.5 Å². The summed E-state index contributed by atoms with van der Waals surface area (Å²) < 4.78 is 5.34. The first-order valence-electron chi connectivity index (χ1n) is 8.41. The van der Waals surface area contributed by atoms with E-state index in [4.69, 9.17) is 4.74 Å². The second-order valence-corrected chi connectivity index (χ2v) is 8.38. The molecule has 0 atom stereocenters. The third-order valence-corrected chi connectivity index (χ3v) is 5.79. The van der Waals surface area contributed by atoms with E-state index in [1.165, 1.54) is 29.6 Å². The van der Waals surface area contributed by atoms with Crippen LogP contribution in [0, 0.1) is 20.8 Å². The number of hydrogen-bond acceptors (Lipinski definition) is 6. The molecule has 0 unspecified atom stereocenters. The van der Waals surface area contributed by atoms with Gasteiger partial charge in [0.05, 0.1) is 11.4 Å². The molecular weight excluding hydrogens is 380 g/mol. The molecule has 0 spiro atoms. The minimum absolute atomic E-state index is 0.0743. The summed E-state index contributed by atoms with van der Waals surface area (Å²) in [5, 5.41) is 2.37. The van der Waals surface area contributed by atoms with E-state index < -0.39 is 0 Å². The average molecular weight is 401 g/mol. The highest BCUT2D eigenvalue weighted by atomic mass is 32.1. The van der Waals surface area contributed by atoms with Crippen molar-refractivity contribution >= 4 is 45.4 Å². The molecular formula is C20H20N2O3S2. The topological polar surface area (TPSA) is 59.5 Å². The number of thiazole rings is 1. The van der Waals surface area contributed by atoms with Gasteiger partial charge in [-0.1, -0.05) is 17.7 Å². The molecule has 3 rings (SSSR count). The van der Waals surface area contributed by atoms with Gasteiger partial charge < -0.3 is 4.74 Å². The number of amides is 1. The van der Waals surface area contributed by atoms with Crippen molar-refractivity contribution in [2.24, 2.45) is 0 Å². The van der Waals surface area contributed by atoms with Crippen molar-refractivity contribution in [3.8, 4) is 0 Å². The quantitative estimate of drug-likeness (QED) is 0.554. The molecule has 7 heteroatoms. The van der Waals surface area contributed by atoms with Crippen molar-refractivity contribution in [1.82, 2.24) is 4.98 Å². The van der Waals surface area contributed by atoms with E-state index in [0.29, 0.717) is 15.7 Å². The molecule has 0 saturated carbocycles. The molecule has 0 aliphatic rings. The maximum atomic E-state index is 12.3. The molecule has 0 fully saturated rings. The molecule has 0 saturated heterocycles. The molecule has 0 bridgehead atoms. The van der Waals surface area contributed by atoms with E-state index >= 15 is 0 Å².